The fourth-order valence-electron chi connectivity index (χ4n) is 4.43. The molecule has 1 fully saturated rings. The van der Waals surface area contributed by atoms with Gasteiger partial charge in [-0.25, -0.2) is 8.42 Å². The Balaban J connectivity index is 1.42. The predicted molar refractivity (Wildman–Crippen MR) is 119 cm³/mol. The molecule has 7 heteroatoms. The number of carbonyl (C=O) groups excluding carboxylic acids is 1. The molecule has 30 heavy (non-hydrogen) atoms. The minimum atomic E-state index is -3.59. The molecule has 0 radical (unpaired) electrons. The van der Waals surface area contributed by atoms with Crippen molar-refractivity contribution >= 4 is 33.2 Å². The fourth-order valence-corrected chi connectivity index (χ4v) is 5.97. The lowest BCUT2D eigenvalue weighted by molar-refractivity contribution is -0.116. The first-order valence-electron chi connectivity index (χ1n) is 10.6. The zero-order chi connectivity index (χ0) is 21.1. The van der Waals surface area contributed by atoms with Gasteiger partial charge in [-0.3, -0.25) is 4.79 Å². The number of hydrogen-bond acceptors (Lipinski definition) is 3. The summed E-state index contributed by atoms with van der Waals surface area (Å²) in [5.41, 5.74) is 2.80. The maximum absolute atomic E-state index is 13.0. The lowest BCUT2D eigenvalue weighted by atomic mass is 10.00. The Kier molecular flexibility index (Phi) is 6.46. The number of benzene rings is 2. The molecule has 1 amide bonds. The Morgan fingerprint density at radius 3 is 2.53 bits per heavy atom. The van der Waals surface area contributed by atoms with Gasteiger partial charge >= 0.3 is 0 Å². The van der Waals surface area contributed by atoms with Gasteiger partial charge in [0, 0.05) is 30.2 Å². The van der Waals surface area contributed by atoms with Gasteiger partial charge in [0.05, 0.1) is 4.90 Å². The topological polar surface area (TPSA) is 66.5 Å². The van der Waals surface area contributed by atoms with E-state index in [0.29, 0.717) is 36.9 Å². The van der Waals surface area contributed by atoms with Gasteiger partial charge in [0.2, 0.25) is 15.9 Å². The zero-order valence-corrected chi connectivity index (χ0v) is 18.5. The van der Waals surface area contributed by atoms with Crippen LogP contribution in [0, 0.1) is 5.92 Å². The summed E-state index contributed by atoms with van der Waals surface area (Å²) < 4.78 is 27.5. The summed E-state index contributed by atoms with van der Waals surface area (Å²) in [6.45, 7) is 0.733. The number of nitrogens with zero attached hydrogens (tertiary/aromatic N) is 1. The molecule has 2 aliphatic rings. The van der Waals surface area contributed by atoms with Crippen molar-refractivity contribution in [3.8, 4) is 0 Å². The van der Waals surface area contributed by atoms with Crippen molar-refractivity contribution in [3.63, 3.8) is 0 Å². The average molecular weight is 447 g/mol. The first kappa shape index (κ1) is 21.3. The molecule has 0 unspecified atom stereocenters. The smallest absolute Gasteiger partial charge is 0.243 e. The van der Waals surface area contributed by atoms with Crippen molar-refractivity contribution in [2.75, 3.05) is 11.9 Å². The molecule has 1 aliphatic heterocycles. The van der Waals surface area contributed by atoms with Crippen LogP contribution in [0.1, 0.15) is 49.7 Å². The quantitative estimate of drug-likeness (QED) is 0.679. The van der Waals surface area contributed by atoms with E-state index in [0.717, 1.165) is 23.2 Å². The molecule has 2 aromatic rings. The number of amides is 1. The van der Waals surface area contributed by atoms with E-state index in [1.165, 1.54) is 42.1 Å². The average Bonchev–Trinajstić information content (AvgIpc) is 3.26. The molecule has 4 rings (SSSR count). The van der Waals surface area contributed by atoms with Crippen LogP contribution in [0.25, 0.3) is 0 Å². The van der Waals surface area contributed by atoms with Crippen LogP contribution in [-0.4, -0.2) is 25.2 Å². The molecular weight excluding hydrogens is 420 g/mol. The molecule has 160 valence electrons. The second kappa shape index (κ2) is 9.08. The summed E-state index contributed by atoms with van der Waals surface area (Å²) in [6, 6.07) is 12.1. The second-order valence-corrected chi connectivity index (χ2v) is 10.6. The van der Waals surface area contributed by atoms with E-state index in [9.17, 15) is 13.2 Å². The Morgan fingerprint density at radius 2 is 1.80 bits per heavy atom. The molecule has 2 aromatic carbocycles. The van der Waals surface area contributed by atoms with Gasteiger partial charge in [0.15, 0.2) is 0 Å². The van der Waals surface area contributed by atoms with Crippen LogP contribution in [0.3, 0.4) is 0 Å². The van der Waals surface area contributed by atoms with Crippen LogP contribution in [0.4, 0.5) is 5.69 Å². The zero-order valence-electron chi connectivity index (χ0n) is 16.9. The van der Waals surface area contributed by atoms with Gasteiger partial charge in [-0.2, -0.15) is 4.31 Å². The highest BCUT2D eigenvalue weighted by Crippen LogP contribution is 2.30. The Labute approximate surface area is 183 Å². The largest absolute Gasteiger partial charge is 0.326 e. The monoisotopic (exact) mass is 446 g/mol. The third kappa shape index (κ3) is 4.88. The maximum atomic E-state index is 13.0. The van der Waals surface area contributed by atoms with E-state index in [-0.39, 0.29) is 10.8 Å². The third-order valence-corrected chi connectivity index (χ3v) is 8.28. The molecule has 0 aromatic heterocycles. The van der Waals surface area contributed by atoms with Crippen LogP contribution in [0.15, 0.2) is 47.4 Å². The molecular formula is C23H27ClN2O3S. The Bertz CT molecular complexity index is 1020. The van der Waals surface area contributed by atoms with Crippen LogP contribution in [-0.2, 0) is 27.8 Å². The van der Waals surface area contributed by atoms with Gasteiger partial charge in [-0.15, -0.1) is 0 Å². The lowest BCUT2D eigenvalue weighted by Gasteiger charge is -2.28. The van der Waals surface area contributed by atoms with E-state index in [4.69, 9.17) is 11.6 Å². The minimum Gasteiger partial charge on any atom is -0.326 e. The minimum absolute atomic E-state index is 0.0308. The summed E-state index contributed by atoms with van der Waals surface area (Å²) in [5, 5.41) is 3.49. The number of carbonyl (C=O) groups is 1. The first-order chi connectivity index (χ1) is 14.4. The first-order valence-corrected chi connectivity index (χ1v) is 12.4. The summed E-state index contributed by atoms with van der Waals surface area (Å²) in [6.07, 6.45) is 7.19. The van der Waals surface area contributed by atoms with Crippen molar-refractivity contribution in [1.29, 1.82) is 0 Å². The van der Waals surface area contributed by atoms with Gasteiger partial charge in [-0.1, -0.05) is 43.4 Å². The van der Waals surface area contributed by atoms with Crippen molar-refractivity contribution in [2.24, 2.45) is 5.92 Å². The Hall–Kier alpha value is -1.89. The van der Waals surface area contributed by atoms with Gasteiger partial charge in [0.1, 0.15) is 0 Å². The number of fused-ring (bicyclic) bond motifs is 1. The van der Waals surface area contributed by atoms with Crippen molar-refractivity contribution in [1.82, 2.24) is 4.31 Å². The molecule has 5 nitrogen and oxygen atoms in total. The highest BCUT2D eigenvalue weighted by molar-refractivity contribution is 7.89. The van der Waals surface area contributed by atoms with Crippen LogP contribution >= 0.6 is 11.6 Å². The second-order valence-electron chi connectivity index (χ2n) is 8.26. The number of hydrogen-bond donors (Lipinski definition) is 1. The molecule has 1 aliphatic carbocycles. The molecule has 0 saturated heterocycles. The van der Waals surface area contributed by atoms with E-state index in [1.54, 1.807) is 12.1 Å². The number of sulfonamides is 1. The van der Waals surface area contributed by atoms with E-state index in [2.05, 4.69) is 5.32 Å². The molecule has 1 N–H and O–H groups in total. The summed E-state index contributed by atoms with van der Waals surface area (Å²) in [4.78, 5) is 12.6. The lowest BCUT2D eigenvalue weighted by Crippen LogP contribution is -2.36. The van der Waals surface area contributed by atoms with E-state index in [1.807, 2.05) is 18.2 Å². The SMILES string of the molecule is O=C(CCC1CCCC1)Nc1ccc2c(c1)CN(S(=O)(=O)c1ccc(Cl)cc1)CC2. The van der Waals surface area contributed by atoms with Gasteiger partial charge in [-0.05, 0) is 66.3 Å². The molecule has 0 spiro atoms. The van der Waals surface area contributed by atoms with Crippen LogP contribution in [0.2, 0.25) is 5.02 Å². The molecule has 1 saturated carbocycles. The molecule has 0 atom stereocenters. The summed E-state index contributed by atoms with van der Waals surface area (Å²) in [7, 11) is -3.59. The normalized spacial score (nSPS) is 17.6. The number of anilines is 1. The highest BCUT2D eigenvalue weighted by Gasteiger charge is 2.28. The van der Waals surface area contributed by atoms with Crippen LogP contribution < -0.4 is 5.32 Å². The van der Waals surface area contributed by atoms with Crippen molar-refractivity contribution in [2.45, 2.75) is 56.4 Å². The van der Waals surface area contributed by atoms with Gasteiger partial charge < -0.3 is 5.32 Å². The maximum Gasteiger partial charge on any atom is 0.243 e. The standard InChI is InChI=1S/C23H27ClN2O3S/c24-20-7-10-22(11-8-20)30(28,29)26-14-13-18-6-9-21(15-19(18)16-26)25-23(27)12-5-17-3-1-2-4-17/h6-11,15,17H,1-5,12-14,16H2,(H,25,27). The van der Waals surface area contributed by atoms with E-state index < -0.39 is 10.0 Å². The van der Waals surface area contributed by atoms with Crippen molar-refractivity contribution in [3.05, 3.63) is 58.6 Å². The molecule has 1 heterocycles. The third-order valence-electron chi connectivity index (χ3n) is 6.17. The number of halogens is 1. The number of nitrogens with one attached hydrogen (secondary N) is 1. The van der Waals surface area contributed by atoms with E-state index >= 15 is 0 Å². The predicted octanol–water partition coefficient (Wildman–Crippen LogP) is 5.00. The Morgan fingerprint density at radius 1 is 1.07 bits per heavy atom. The summed E-state index contributed by atoms with van der Waals surface area (Å²) in [5.74, 6) is 0.717. The highest BCUT2D eigenvalue weighted by atomic mass is 35.5. The number of rotatable bonds is 6. The summed E-state index contributed by atoms with van der Waals surface area (Å²) >= 11 is 5.89. The molecule has 0 bridgehead atoms. The fraction of sp³-hybridized carbons (Fsp3) is 0.435. The van der Waals surface area contributed by atoms with Crippen LogP contribution in [0.5, 0.6) is 0 Å². The van der Waals surface area contributed by atoms with Gasteiger partial charge in [0.25, 0.3) is 0 Å². The van der Waals surface area contributed by atoms with Crippen molar-refractivity contribution < 1.29 is 13.2 Å².